The number of nitrogens with one attached hydrogen (secondary N) is 2. The molecule has 0 radical (unpaired) electrons. The highest BCUT2D eigenvalue weighted by atomic mass is 16.5. The van der Waals surface area contributed by atoms with E-state index in [9.17, 15) is 4.79 Å². The lowest BCUT2D eigenvalue weighted by molar-refractivity contribution is -0.0290. The second-order valence-corrected chi connectivity index (χ2v) is 7.46. The van der Waals surface area contributed by atoms with E-state index in [0.717, 1.165) is 32.7 Å². The Bertz CT molecular complexity index is 560. The molecule has 0 aromatic heterocycles. The largest absolute Gasteiger partial charge is 0.374 e. The van der Waals surface area contributed by atoms with Gasteiger partial charge in [0, 0.05) is 32.7 Å². The summed E-state index contributed by atoms with van der Waals surface area (Å²) in [5.41, 5.74) is 3.83. The number of ether oxygens (including phenoxy) is 1. The van der Waals surface area contributed by atoms with Gasteiger partial charge in [-0.1, -0.05) is 37.6 Å². The zero-order valence-electron chi connectivity index (χ0n) is 16.1. The molecule has 140 valence electrons. The van der Waals surface area contributed by atoms with Crippen molar-refractivity contribution in [2.75, 3.05) is 39.3 Å². The molecule has 1 fully saturated rings. The summed E-state index contributed by atoms with van der Waals surface area (Å²) >= 11 is 0. The molecule has 1 aliphatic rings. The molecule has 25 heavy (non-hydrogen) atoms. The number of nitrogens with zero attached hydrogens (tertiary/aromatic N) is 1. The molecule has 2 N–H and O–H groups in total. The van der Waals surface area contributed by atoms with E-state index in [1.807, 2.05) is 0 Å². The summed E-state index contributed by atoms with van der Waals surface area (Å²) in [7, 11) is 0. The maximum Gasteiger partial charge on any atom is 0.314 e. The maximum absolute atomic E-state index is 12.0. The van der Waals surface area contributed by atoms with Crippen molar-refractivity contribution in [3.05, 3.63) is 34.9 Å². The summed E-state index contributed by atoms with van der Waals surface area (Å²) in [5.74, 6) is 0.653. The van der Waals surface area contributed by atoms with Gasteiger partial charge >= 0.3 is 6.03 Å². The second-order valence-electron chi connectivity index (χ2n) is 7.46. The van der Waals surface area contributed by atoms with Gasteiger partial charge in [0.1, 0.15) is 0 Å². The summed E-state index contributed by atoms with van der Waals surface area (Å²) in [4.78, 5) is 14.4. The normalized spacial score (nSPS) is 18.4. The molecule has 2 amide bonds. The van der Waals surface area contributed by atoms with Crippen LogP contribution in [-0.4, -0.2) is 56.4 Å². The van der Waals surface area contributed by atoms with Crippen molar-refractivity contribution in [1.82, 2.24) is 15.5 Å². The number of carbonyl (C=O) groups excluding carboxylic acids is 1. The van der Waals surface area contributed by atoms with E-state index in [4.69, 9.17) is 4.74 Å². The second kappa shape index (κ2) is 9.78. The number of morpholine rings is 1. The van der Waals surface area contributed by atoms with E-state index < -0.39 is 0 Å². The average Bonchev–Trinajstić information content (AvgIpc) is 2.55. The van der Waals surface area contributed by atoms with Gasteiger partial charge in [-0.15, -0.1) is 0 Å². The maximum atomic E-state index is 12.0. The Hall–Kier alpha value is -1.59. The number of urea groups is 1. The van der Waals surface area contributed by atoms with Crippen molar-refractivity contribution in [3.8, 4) is 0 Å². The first kappa shape index (κ1) is 19.7. The van der Waals surface area contributed by atoms with Gasteiger partial charge in [-0.3, -0.25) is 4.90 Å². The van der Waals surface area contributed by atoms with Gasteiger partial charge in [-0.25, -0.2) is 4.79 Å². The number of amides is 2. The number of aryl methyl sites for hydroxylation is 2. The Labute approximate surface area is 152 Å². The fraction of sp³-hybridized carbons (Fsp3) is 0.650. The fourth-order valence-corrected chi connectivity index (χ4v) is 3.29. The molecule has 1 heterocycles. The van der Waals surface area contributed by atoms with Gasteiger partial charge in [0.05, 0.1) is 12.7 Å². The molecule has 2 rings (SSSR count). The van der Waals surface area contributed by atoms with Crippen LogP contribution in [0.4, 0.5) is 4.79 Å². The zero-order chi connectivity index (χ0) is 18.2. The number of hydrogen-bond acceptors (Lipinski definition) is 3. The van der Waals surface area contributed by atoms with Crippen molar-refractivity contribution in [2.24, 2.45) is 5.92 Å². The van der Waals surface area contributed by atoms with Crippen molar-refractivity contribution in [2.45, 2.75) is 40.2 Å². The Morgan fingerprint density at radius 3 is 2.84 bits per heavy atom. The number of rotatable bonds is 7. The van der Waals surface area contributed by atoms with Crippen LogP contribution in [0.25, 0.3) is 0 Å². The smallest absolute Gasteiger partial charge is 0.314 e. The SMILES string of the molecule is Cc1ccc(CCNC(=O)NCC2CN(CC(C)C)CCO2)c(C)c1. The van der Waals surface area contributed by atoms with Crippen LogP contribution in [0.3, 0.4) is 0 Å². The number of hydrogen-bond donors (Lipinski definition) is 2. The van der Waals surface area contributed by atoms with Gasteiger partial charge < -0.3 is 15.4 Å². The molecule has 0 aliphatic carbocycles. The van der Waals surface area contributed by atoms with Crippen LogP contribution in [0.5, 0.6) is 0 Å². The molecule has 1 atom stereocenters. The Morgan fingerprint density at radius 2 is 2.12 bits per heavy atom. The lowest BCUT2D eigenvalue weighted by atomic mass is 10.0. The first-order chi connectivity index (χ1) is 11.9. The lowest BCUT2D eigenvalue weighted by Crippen LogP contribution is -2.49. The lowest BCUT2D eigenvalue weighted by Gasteiger charge is -2.33. The predicted molar refractivity (Wildman–Crippen MR) is 102 cm³/mol. The number of benzene rings is 1. The topological polar surface area (TPSA) is 53.6 Å². The van der Waals surface area contributed by atoms with Crippen molar-refractivity contribution < 1.29 is 9.53 Å². The van der Waals surface area contributed by atoms with Crippen LogP contribution in [0, 0.1) is 19.8 Å². The first-order valence-electron chi connectivity index (χ1n) is 9.36. The Kier molecular flexibility index (Phi) is 7.72. The van der Waals surface area contributed by atoms with Gasteiger partial charge in [0.2, 0.25) is 0 Å². The van der Waals surface area contributed by atoms with Gasteiger partial charge in [-0.2, -0.15) is 0 Å². The summed E-state index contributed by atoms with van der Waals surface area (Å²) in [6.45, 7) is 13.6. The highest BCUT2D eigenvalue weighted by Gasteiger charge is 2.21. The first-order valence-corrected chi connectivity index (χ1v) is 9.36. The summed E-state index contributed by atoms with van der Waals surface area (Å²) < 4.78 is 5.76. The van der Waals surface area contributed by atoms with E-state index in [2.05, 4.69) is 61.4 Å². The molecule has 5 nitrogen and oxygen atoms in total. The predicted octanol–water partition coefficient (Wildman–Crippen LogP) is 2.50. The Morgan fingerprint density at radius 1 is 1.32 bits per heavy atom. The van der Waals surface area contributed by atoms with E-state index in [-0.39, 0.29) is 12.1 Å². The number of carbonyl (C=O) groups is 1. The van der Waals surface area contributed by atoms with E-state index in [0.29, 0.717) is 19.0 Å². The van der Waals surface area contributed by atoms with Crippen LogP contribution in [0.2, 0.25) is 0 Å². The van der Waals surface area contributed by atoms with E-state index in [1.165, 1.54) is 16.7 Å². The van der Waals surface area contributed by atoms with E-state index >= 15 is 0 Å². The quantitative estimate of drug-likeness (QED) is 0.797. The minimum absolute atomic E-state index is 0.0811. The third kappa shape index (κ3) is 7.04. The van der Waals surface area contributed by atoms with Crippen LogP contribution in [0.1, 0.15) is 30.5 Å². The summed E-state index contributed by atoms with van der Waals surface area (Å²) in [5, 5.41) is 5.87. The van der Waals surface area contributed by atoms with E-state index in [1.54, 1.807) is 0 Å². The third-order valence-corrected chi connectivity index (χ3v) is 4.51. The summed E-state index contributed by atoms with van der Waals surface area (Å²) in [6.07, 6.45) is 0.930. The van der Waals surface area contributed by atoms with Crippen LogP contribution in [-0.2, 0) is 11.2 Å². The van der Waals surface area contributed by atoms with Crippen molar-refractivity contribution in [3.63, 3.8) is 0 Å². The molecule has 0 bridgehead atoms. The molecule has 1 aliphatic heterocycles. The highest BCUT2D eigenvalue weighted by Crippen LogP contribution is 2.10. The molecule has 0 saturated carbocycles. The Balaban J connectivity index is 1.65. The third-order valence-electron chi connectivity index (χ3n) is 4.51. The van der Waals surface area contributed by atoms with Crippen LogP contribution < -0.4 is 10.6 Å². The minimum atomic E-state index is -0.116. The highest BCUT2D eigenvalue weighted by molar-refractivity contribution is 5.73. The molecule has 1 unspecified atom stereocenters. The zero-order valence-corrected chi connectivity index (χ0v) is 16.1. The minimum Gasteiger partial charge on any atom is -0.374 e. The van der Waals surface area contributed by atoms with Gasteiger partial charge in [0.15, 0.2) is 0 Å². The monoisotopic (exact) mass is 347 g/mol. The molecule has 1 aromatic carbocycles. The molecule has 1 saturated heterocycles. The van der Waals surface area contributed by atoms with Gasteiger partial charge in [0.25, 0.3) is 0 Å². The molecule has 5 heteroatoms. The van der Waals surface area contributed by atoms with Crippen molar-refractivity contribution in [1.29, 1.82) is 0 Å². The molecular formula is C20H33N3O2. The van der Waals surface area contributed by atoms with Crippen LogP contribution in [0.15, 0.2) is 18.2 Å². The fourth-order valence-electron chi connectivity index (χ4n) is 3.29. The average molecular weight is 348 g/mol. The summed E-state index contributed by atoms with van der Waals surface area (Å²) in [6, 6.07) is 6.32. The molecule has 0 spiro atoms. The molecular weight excluding hydrogens is 314 g/mol. The van der Waals surface area contributed by atoms with Crippen molar-refractivity contribution >= 4 is 6.03 Å². The van der Waals surface area contributed by atoms with Gasteiger partial charge in [-0.05, 0) is 37.3 Å². The standard InChI is InChI=1S/C20H33N3O2/c1-15(2)13-23-9-10-25-19(14-23)12-22-20(24)21-8-7-18-6-5-16(3)11-17(18)4/h5-6,11,15,19H,7-10,12-14H2,1-4H3,(H2,21,22,24). The van der Waals surface area contributed by atoms with Crippen LogP contribution >= 0.6 is 0 Å². The molecule has 1 aromatic rings.